The largest absolute Gasteiger partial charge is 0.317 e. The molecule has 0 bridgehead atoms. The Bertz CT molecular complexity index is 297. The summed E-state index contributed by atoms with van der Waals surface area (Å²) in [7, 11) is 0. The molecule has 2 atom stereocenters. The van der Waals surface area contributed by atoms with Crippen LogP contribution in [0.2, 0.25) is 0 Å². The molecule has 1 aromatic heterocycles. The van der Waals surface area contributed by atoms with Crippen molar-refractivity contribution in [2.24, 2.45) is 11.8 Å². The Labute approximate surface area is 109 Å². The quantitative estimate of drug-likeness (QED) is 0.811. The van der Waals surface area contributed by atoms with E-state index >= 15 is 0 Å². The van der Waals surface area contributed by atoms with E-state index in [1.165, 1.54) is 50.1 Å². The Morgan fingerprint density at radius 3 is 2.82 bits per heavy atom. The molecule has 1 saturated carbocycles. The van der Waals surface area contributed by atoms with Gasteiger partial charge in [0.05, 0.1) is 5.01 Å². The van der Waals surface area contributed by atoms with Crippen molar-refractivity contribution in [2.45, 2.75) is 45.4 Å². The van der Waals surface area contributed by atoms with Gasteiger partial charge in [-0.05, 0) is 37.8 Å². The van der Waals surface area contributed by atoms with Crippen molar-refractivity contribution in [2.75, 3.05) is 13.1 Å². The Morgan fingerprint density at radius 2 is 2.12 bits per heavy atom. The van der Waals surface area contributed by atoms with E-state index in [1.54, 1.807) is 0 Å². The van der Waals surface area contributed by atoms with Crippen molar-refractivity contribution in [3.8, 4) is 0 Å². The fourth-order valence-corrected chi connectivity index (χ4v) is 3.62. The van der Waals surface area contributed by atoms with Crippen molar-refractivity contribution < 1.29 is 0 Å². The van der Waals surface area contributed by atoms with Crippen LogP contribution in [0.25, 0.3) is 0 Å². The number of thiazole rings is 1. The van der Waals surface area contributed by atoms with Crippen molar-refractivity contribution >= 4 is 11.3 Å². The van der Waals surface area contributed by atoms with Gasteiger partial charge in [0.25, 0.3) is 0 Å². The molecule has 0 radical (unpaired) electrons. The second-order valence-corrected chi connectivity index (χ2v) is 6.07. The summed E-state index contributed by atoms with van der Waals surface area (Å²) in [5.41, 5.74) is 0. The lowest BCUT2D eigenvalue weighted by atomic mass is 9.85. The Morgan fingerprint density at radius 1 is 1.29 bits per heavy atom. The van der Waals surface area contributed by atoms with Crippen molar-refractivity contribution in [1.29, 1.82) is 0 Å². The Kier molecular flexibility index (Phi) is 5.46. The maximum absolute atomic E-state index is 4.45. The summed E-state index contributed by atoms with van der Waals surface area (Å²) in [5, 5.41) is 6.97. The molecule has 96 valence electrons. The van der Waals surface area contributed by atoms with E-state index < -0.39 is 0 Å². The minimum absolute atomic E-state index is 0.850. The topological polar surface area (TPSA) is 24.9 Å². The molecule has 0 saturated heterocycles. The molecule has 0 spiro atoms. The predicted octanol–water partition coefficient (Wildman–Crippen LogP) is 3.49. The van der Waals surface area contributed by atoms with Crippen LogP contribution in [-0.4, -0.2) is 18.1 Å². The monoisotopic (exact) mass is 252 g/mol. The average Bonchev–Trinajstić information content (AvgIpc) is 2.74. The zero-order chi connectivity index (χ0) is 11.9. The zero-order valence-corrected chi connectivity index (χ0v) is 11.6. The van der Waals surface area contributed by atoms with Gasteiger partial charge in [0.1, 0.15) is 0 Å². The first kappa shape index (κ1) is 13.0. The molecule has 2 rings (SSSR count). The molecule has 0 aromatic carbocycles. The van der Waals surface area contributed by atoms with Gasteiger partial charge in [-0.1, -0.05) is 26.2 Å². The van der Waals surface area contributed by atoms with Crippen LogP contribution in [-0.2, 0) is 6.42 Å². The second kappa shape index (κ2) is 7.12. The van der Waals surface area contributed by atoms with Gasteiger partial charge in [0.15, 0.2) is 0 Å². The van der Waals surface area contributed by atoms with E-state index in [4.69, 9.17) is 0 Å². The van der Waals surface area contributed by atoms with Crippen LogP contribution in [0.1, 0.15) is 44.0 Å². The van der Waals surface area contributed by atoms with E-state index in [0.717, 1.165) is 18.4 Å². The van der Waals surface area contributed by atoms with Gasteiger partial charge in [0.2, 0.25) is 0 Å². The number of hydrogen-bond donors (Lipinski definition) is 1. The molecular formula is C14H24N2S. The van der Waals surface area contributed by atoms with E-state index in [2.05, 4.69) is 22.6 Å². The normalized spacial score (nSPS) is 25.7. The highest BCUT2D eigenvalue weighted by Crippen LogP contribution is 2.31. The molecule has 0 amide bonds. The molecule has 3 heteroatoms. The molecule has 17 heavy (non-hydrogen) atoms. The van der Waals surface area contributed by atoms with Crippen LogP contribution in [0.5, 0.6) is 0 Å². The zero-order valence-electron chi connectivity index (χ0n) is 10.8. The Hall–Kier alpha value is -0.410. The molecule has 0 aliphatic heterocycles. The number of hydrogen-bond acceptors (Lipinski definition) is 3. The van der Waals surface area contributed by atoms with Crippen LogP contribution in [0.3, 0.4) is 0 Å². The van der Waals surface area contributed by atoms with Crippen LogP contribution >= 0.6 is 11.3 Å². The number of rotatable bonds is 5. The lowest BCUT2D eigenvalue weighted by molar-refractivity contribution is 0.299. The third kappa shape index (κ3) is 4.07. The van der Waals surface area contributed by atoms with Gasteiger partial charge in [-0.15, -0.1) is 11.3 Å². The molecule has 1 aliphatic rings. The first-order valence-electron chi connectivity index (χ1n) is 6.99. The molecule has 1 fully saturated rings. The van der Waals surface area contributed by atoms with E-state index in [0.29, 0.717) is 0 Å². The second-order valence-electron chi connectivity index (χ2n) is 5.10. The minimum Gasteiger partial charge on any atom is -0.317 e. The van der Waals surface area contributed by atoms with E-state index in [9.17, 15) is 0 Å². The third-order valence-corrected chi connectivity index (χ3v) is 4.70. The first-order valence-corrected chi connectivity index (χ1v) is 7.87. The molecule has 2 nitrogen and oxygen atoms in total. The van der Waals surface area contributed by atoms with Gasteiger partial charge in [-0.3, -0.25) is 0 Å². The molecule has 2 unspecified atom stereocenters. The standard InChI is InChI=1S/C14H24N2S/c1-2-15-11-13-7-5-3-4-6-12(13)10-14-16-8-9-17-14/h8-9,12-13,15H,2-7,10-11H2,1H3. The number of aromatic nitrogens is 1. The van der Waals surface area contributed by atoms with Gasteiger partial charge in [-0.2, -0.15) is 0 Å². The van der Waals surface area contributed by atoms with Gasteiger partial charge in [0, 0.05) is 18.0 Å². The van der Waals surface area contributed by atoms with Gasteiger partial charge >= 0.3 is 0 Å². The van der Waals surface area contributed by atoms with Crippen molar-refractivity contribution in [3.63, 3.8) is 0 Å². The molecule has 1 aromatic rings. The molecule has 1 aliphatic carbocycles. The summed E-state index contributed by atoms with van der Waals surface area (Å²) < 4.78 is 0. The van der Waals surface area contributed by atoms with Crippen LogP contribution < -0.4 is 5.32 Å². The summed E-state index contributed by atoms with van der Waals surface area (Å²) in [6, 6.07) is 0. The highest BCUT2D eigenvalue weighted by molar-refractivity contribution is 7.09. The van der Waals surface area contributed by atoms with Crippen LogP contribution in [0.4, 0.5) is 0 Å². The Balaban J connectivity index is 1.93. The maximum atomic E-state index is 4.45. The third-order valence-electron chi connectivity index (χ3n) is 3.89. The van der Waals surface area contributed by atoms with Crippen molar-refractivity contribution in [1.82, 2.24) is 10.3 Å². The summed E-state index contributed by atoms with van der Waals surface area (Å²) in [5.74, 6) is 1.71. The van der Waals surface area contributed by atoms with Crippen molar-refractivity contribution in [3.05, 3.63) is 16.6 Å². The fraction of sp³-hybridized carbons (Fsp3) is 0.786. The van der Waals surface area contributed by atoms with E-state index in [1.807, 2.05) is 17.5 Å². The SMILES string of the molecule is CCNCC1CCCCCC1Cc1nccs1. The highest BCUT2D eigenvalue weighted by atomic mass is 32.1. The highest BCUT2D eigenvalue weighted by Gasteiger charge is 2.24. The fourth-order valence-electron chi connectivity index (χ4n) is 2.91. The summed E-state index contributed by atoms with van der Waals surface area (Å²) in [6.07, 6.45) is 10.2. The van der Waals surface area contributed by atoms with Gasteiger partial charge < -0.3 is 5.32 Å². The summed E-state index contributed by atoms with van der Waals surface area (Å²) >= 11 is 1.82. The summed E-state index contributed by atoms with van der Waals surface area (Å²) in [6.45, 7) is 4.50. The molecule has 1 N–H and O–H groups in total. The minimum atomic E-state index is 0.850. The van der Waals surface area contributed by atoms with Crippen LogP contribution in [0.15, 0.2) is 11.6 Å². The first-order chi connectivity index (χ1) is 8.40. The lowest BCUT2D eigenvalue weighted by Crippen LogP contribution is -2.28. The predicted molar refractivity (Wildman–Crippen MR) is 74.4 cm³/mol. The molecule has 1 heterocycles. The maximum Gasteiger partial charge on any atom is 0.0927 e. The smallest absolute Gasteiger partial charge is 0.0927 e. The van der Waals surface area contributed by atoms with Crippen LogP contribution in [0, 0.1) is 11.8 Å². The summed E-state index contributed by atoms with van der Waals surface area (Å²) in [4.78, 5) is 4.45. The van der Waals surface area contributed by atoms with Gasteiger partial charge in [-0.25, -0.2) is 4.98 Å². The number of nitrogens with one attached hydrogen (secondary N) is 1. The number of nitrogens with zero attached hydrogens (tertiary/aromatic N) is 1. The van der Waals surface area contributed by atoms with E-state index in [-0.39, 0.29) is 0 Å². The molecular weight excluding hydrogens is 228 g/mol. The average molecular weight is 252 g/mol. The lowest BCUT2D eigenvalue weighted by Gasteiger charge is -2.24.